The first-order chi connectivity index (χ1) is 9.70. The molecule has 0 N–H and O–H groups in total. The normalized spacial score (nSPS) is 11.1. The van der Waals surface area contributed by atoms with Crippen LogP contribution in [0.3, 0.4) is 0 Å². The van der Waals surface area contributed by atoms with Crippen LogP contribution in [0, 0.1) is 5.82 Å². The first-order valence-corrected chi connectivity index (χ1v) is 7.43. The van der Waals surface area contributed by atoms with Gasteiger partial charge in [-0.05, 0) is 30.0 Å². The fourth-order valence-electron chi connectivity index (χ4n) is 2.41. The van der Waals surface area contributed by atoms with Crippen LogP contribution >= 0.6 is 0 Å². The Kier molecular flexibility index (Phi) is 5.33. The van der Waals surface area contributed by atoms with Crippen molar-refractivity contribution in [2.24, 2.45) is 0 Å². The second-order valence-corrected chi connectivity index (χ2v) is 5.25. The number of hydrogen-bond donors (Lipinski definition) is 0. The van der Waals surface area contributed by atoms with E-state index < -0.39 is 11.4 Å². The molecule has 0 atom stereocenters. The molecule has 0 saturated heterocycles. The van der Waals surface area contributed by atoms with E-state index >= 15 is 0 Å². The molecule has 0 unspecified atom stereocenters. The molecule has 2 rings (SSSR count). The summed E-state index contributed by atoms with van der Waals surface area (Å²) in [7, 11) is 0. The predicted molar refractivity (Wildman–Crippen MR) is 79.5 cm³/mol. The molecule has 2 nitrogen and oxygen atoms in total. The van der Waals surface area contributed by atoms with Gasteiger partial charge in [0.1, 0.15) is 11.6 Å². The van der Waals surface area contributed by atoms with Crippen molar-refractivity contribution in [1.82, 2.24) is 0 Å². The van der Waals surface area contributed by atoms with Crippen LogP contribution in [-0.4, -0.2) is 0 Å². The Hall–Kier alpha value is -1.64. The lowest BCUT2D eigenvalue weighted by atomic mass is 10.1. The standard InChI is InChI=1S/C17H21FO2/c1-2-3-4-5-6-7-8-15-11-13-9-10-14(18)12-16(13)17(19)20-15/h9-12H,2-8H2,1H3. The van der Waals surface area contributed by atoms with Crippen molar-refractivity contribution < 1.29 is 8.81 Å². The lowest BCUT2D eigenvalue weighted by Crippen LogP contribution is -2.02. The molecule has 20 heavy (non-hydrogen) atoms. The van der Waals surface area contributed by atoms with Crippen LogP contribution in [0.4, 0.5) is 4.39 Å². The van der Waals surface area contributed by atoms with Gasteiger partial charge in [0.25, 0.3) is 0 Å². The zero-order chi connectivity index (χ0) is 14.4. The maximum atomic E-state index is 13.1. The van der Waals surface area contributed by atoms with E-state index in [1.165, 1.54) is 37.8 Å². The van der Waals surface area contributed by atoms with Crippen LogP contribution in [0.15, 0.2) is 33.5 Å². The summed E-state index contributed by atoms with van der Waals surface area (Å²) in [4.78, 5) is 11.8. The lowest BCUT2D eigenvalue weighted by molar-refractivity contribution is 0.454. The third kappa shape index (κ3) is 3.92. The summed E-state index contributed by atoms with van der Waals surface area (Å²) in [6, 6.07) is 6.08. The molecule has 0 bridgehead atoms. The third-order valence-electron chi connectivity index (χ3n) is 3.55. The molecule has 0 aliphatic carbocycles. The fraction of sp³-hybridized carbons (Fsp3) is 0.471. The summed E-state index contributed by atoms with van der Waals surface area (Å²) >= 11 is 0. The van der Waals surface area contributed by atoms with Crippen molar-refractivity contribution in [2.75, 3.05) is 0 Å². The lowest BCUT2D eigenvalue weighted by Gasteiger charge is -2.03. The van der Waals surface area contributed by atoms with Gasteiger partial charge in [0.05, 0.1) is 5.39 Å². The van der Waals surface area contributed by atoms with Gasteiger partial charge in [-0.1, -0.05) is 45.1 Å². The van der Waals surface area contributed by atoms with E-state index in [0.29, 0.717) is 11.1 Å². The van der Waals surface area contributed by atoms with Crippen LogP contribution in [0.25, 0.3) is 10.8 Å². The Morgan fingerprint density at radius 2 is 1.80 bits per heavy atom. The first kappa shape index (κ1) is 14.8. The molecule has 0 amide bonds. The number of aryl methyl sites for hydroxylation is 1. The Labute approximate surface area is 118 Å². The van der Waals surface area contributed by atoms with Crippen molar-refractivity contribution in [3.8, 4) is 0 Å². The number of rotatable bonds is 7. The molecule has 0 saturated carbocycles. The molecule has 0 aliphatic rings. The number of hydrogen-bond acceptors (Lipinski definition) is 2. The maximum Gasteiger partial charge on any atom is 0.343 e. The Morgan fingerprint density at radius 3 is 2.60 bits per heavy atom. The predicted octanol–water partition coefficient (Wildman–Crippen LogP) is 4.84. The second kappa shape index (κ2) is 7.22. The van der Waals surface area contributed by atoms with Crippen LogP contribution in [0.1, 0.15) is 51.2 Å². The Bertz CT molecular complexity index is 616. The number of unbranched alkanes of at least 4 members (excludes halogenated alkanes) is 5. The molecule has 3 heteroatoms. The van der Waals surface area contributed by atoms with Crippen molar-refractivity contribution in [2.45, 2.75) is 51.9 Å². The maximum absolute atomic E-state index is 13.1. The zero-order valence-electron chi connectivity index (χ0n) is 12.0. The zero-order valence-corrected chi connectivity index (χ0v) is 12.0. The largest absolute Gasteiger partial charge is 0.427 e. The molecule has 108 valence electrons. The average Bonchev–Trinajstić information content (AvgIpc) is 2.43. The highest BCUT2D eigenvalue weighted by Crippen LogP contribution is 2.16. The van der Waals surface area contributed by atoms with Gasteiger partial charge in [-0.15, -0.1) is 0 Å². The molecule has 2 aromatic rings. The van der Waals surface area contributed by atoms with Gasteiger partial charge in [-0.3, -0.25) is 0 Å². The average molecular weight is 276 g/mol. The Morgan fingerprint density at radius 1 is 1.05 bits per heavy atom. The van der Waals surface area contributed by atoms with E-state index in [4.69, 9.17) is 4.42 Å². The van der Waals surface area contributed by atoms with Gasteiger partial charge in [-0.25, -0.2) is 9.18 Å². The summed E-state index contributed by atoms with van der Waals surface area (Å²) in [5.74, 6) is 0.290. The quantitative estimate of drug-likeness (QED) is 0.678. The van der Waals surface area contributed by atoms with E-state index in [1.54, 1.807) is 6.07 Å². The van der Waals surface area contributed by atoms with Gasteiger partial charge in [0.2, 0.25) is 0 Å². The number of halogens is 1. The fourth-order valence-corrected chi connectivity index (χ4v) is 2.41. The summed E-state index contributed by atoms with van der Waals surface area (Å²) < 4.78 is 18.3. The van der Waals surface area contributed by atoms with E-state index in [1.807, 2.05) is 6.07 Å². The van der Waals surface area contributed by atoms with E-state index in [-0.39, 0.29) is 0 Å². The summed E-state index contributed by atoms with van der Waals surface area (Å²) in [5.41, 5.74) is -0.442. The summed E-state index contributed by atoms with van der Waals surface area (Å²) in [6.45, 7) is 2.20. The topological polar surface area (TPSA) is 30.2 Å². The molecule has 1 aromatic heterocycles. The van der Waals surface area contributed by atoms with E-state index in [0.717, 1.165) is 24.6 Å². The minimum Gasteiger partial charge on any atom is -0.427 e. The SMILES string of the molecule is CCCCCCCCc1cc2ccc(F)cc2c(=O)o1. The third-order valence-corrected chi connectivity index (χ3v) is 3.55. The van der Waals surface area contributed by atoms with Gasteiger partial charge >= 0.3 is 5.63 Å². The van der Waals surface area contributed by atoms with E-state index in [2.05, 4.69) is 6.92 Å². The van der Waals surface area contributed by atoms with Crippen molar-refractivity contribution in [1.29, 1.82) is 0 Å². The van der Waals surface area contributed by atoms with Gasteiger partial charge < -0.3 is 4.42 Å². The molecule has 0 aliphatic heterocycles. The van der Waals surface area contributed by atoms with E-state index in [9.17, 15) is 9.18 Å². The van der Waals surface area contributed by atoms with Crippen LogP contribution in [0.5, 0.6) is 0 Å². The molecular formula is C17H21FO2. The van der Waals surface area contributed by atoms with Gasteiger partial charge in [0, 0.05) is 6.42 Å². The van der Waals surface area contributed by atoms with Crippen LogP contribution in [0.2, 0.25) is 0 Å². The van der Waals surface area contributed by atoms with Crippen molar-refractivity contribution >= 4 is 10.8 Å². The number of fused-ring (bicyclic) bond motifs is 1. The highest BCUT2D eigenvalue weighted by Gasteiger charge is 2.05. The first-order valence-electron chi connectivity index (χ1n) is 7.43. The minimum atomic E-state index is -0.442. The summed E-state index contributed by atoms with van der Waals surface area (Å²) in [6.07, 6.45) is 8.00. The highest BCUT2D eigenvalue weighted by atomic mass is 19.1. The Balaban J connectivity index is 1.98. The van der Waals surface area contributed by atoms with Crippen LogP contribution in [-0.2, 0) is 6.42 Å². The molecule has 1 heterocycles. The van der Waals surface area contributed by atoms with Crippen molar-refractivity contribution in [3.63, 3.8) is 0 Å². The second-order valence-electron chi connectivity index (χ2n) is 5.25. The minimum absolute atomic E-state index is 0.316. The molecular weight excluding hydrogens is 255 g/mol. The molecule has 0 radical (unpaired) electrons. The van der Waals surface area contributed by atoms with Crippen molar-refractivity contribution in [3.05, 3.63) is 46.3 Å². The molecule has 0 spiro atoms. The van der Waals surface area contributed by atoms with Gasteiger partial charge in [0.15, 0.2) is 0 Å². The molecule has 0 fully saturated rings. The smallest absolute Gasteiger partial charge is 0.343 e. The summed E-state index contributed by atoms with van der Waals surface area (Å²) in [5, 5.41) is 1.07. The highest BCUT2D eigenvalue weighted by molar-refractivity contribution is 5.81. The number of benzene rings is 1. The van der Waals surface area contributed by atoms with Crippen LogP contribution < -0.4 is 5.63 Å². The van der Waals surface area contributed by atoms with Gasteiger partial charge in [-0.2, -0.15) is 0 Å². The molecule has 1 aromatic carbocycles. The monoisotopic (exact) mass is 276 g/mol.